The SMILES string of the molecule is CC1(CC2CCC(C(=O)O)N2C#N)COC1.O=C(O)C(F)(F)F. The van der Waals surface area contributed by atoms with Gasteiger partial charge in [0.2, 0.25) is 0 Å². The summed E-state index contributed by atoms with van der Waals surface area (Å²) in [4.78, 5) is 21.3. The largest absolute Gasteiger partial charge is 0.490 e. The Morgan fingerprint density at radius 2 is 1.87 bits per heavy atom. The van der Waals surface area contributed by atoms with E-state index in [0.717, 1.165) is 26.1 Å². The lowest BCUT2D eigenvalue weighted by atomic mass is 9.81. The molecule has 0 aromatic heterocycles. The van der Waals surface area contributed by atoms with Crippen molar-refractivity contribution in [1.82, 2.24) is 4.90 Å². The second-order valence-electron chi connectivity index (χ2n) is 5.90. The van der Waals surface area contributed by atoms with Gasteiger partial charge in [0.15, 0.2) is 6.19 Å². The molecule has 2 rings (SSSR count). The Balaban J connectivity index is 0.000000322. The van der Waals surface area contributed by atoms with Crippen LogP contribution in [0.1, 0.15) is 26.2 Å². The van der Waals surface area contributed by atoms with Crippen LogP contribution in [0, 0.1) is 16.9 Å². The van der Waals surface area contributed by atoms with Crippen LogP contribution in [0.15, 0.2) is 0 Å². The van der Waals surface area contributed by atoms with Crippen LogP contribution in [0.25, 0.3) is 0 Å². The van der Waals surface area contributed by atoms with Crippen LogP contribution in [0.3, 0.4) is 0 Å². The number of carboxylic acid groups (broad SMARTS) is 2. The summed E-state index contributed by atoms with van der Waals surface area (Å²) in [6.45, 7) is 3.57. The van der Waals surface area contributed by atoms with Crippen LogP contribution < -0.4 is 0 Å². The zero-order valence-electron chi connectivity index (χ0n) is 12.3. The molecular formula is C13H17F3N2O5. The van der Waals surface area contributed by atoms with Crippen molar-refractivity contribution in [3.05, 3.63) is 0 Å². The average molecular weight is 338 g/mol. The van der Waals surface area contributed by atoms with Crippen molar-refractivity contribution in [2.75, 3.05) is 13.2 Å². The molecule has 10 heteroatoms. The number of ether oxygens (including phenoxy) is 1. The van der Waals surface area contributed by atoms with Gasteiger partial charge in [0.05, 0.1) is 13.2 Å². The number of carbonyl (C=O) groups is 2. The number of carboxylic acids is 2. The minimum atomic E-state index is -5.08. The van der Waals surface area contributed by atoms with E-state index < -0.39 is 24.2 Å². The van der Waals surface area contributed by atoms with Gasteiger partial charge in [-0.2, -0.15) is 18.4 Å². The fourth-order valence-corrected chi connectivity index (χ4v) is 2.61. The quantitative estimate of drug-likeness (QED) is 0.749. The molecule has 0 aromatic carbocycles. The molecule has 2 saturated heterocycles. The summed E-state index contributed by atoms with van der Waals surface area (Å²) in [6, 6.07) is -0.556. The Morgan fingerprint density at radius 1 is 1.35 bits per heavy atom. The molecule has 0 aromatic rings. The molecule has 2 aliphatic rings. The van der Waals surface area contributed by atoms with Gasteiger partial charge in [-0.1, -0.05) is 6.92 Å². The van der Waals surface area contributed by atoms with Crippen molar-refractivity contribution >= 4 is 11.9 Å². The van der Waals surface area contributed by atoms with E-state index in [1.807, 2.05) is 6.19 Å². The molecular weight excluding hydrogens is 321 g/mol. The molecule has 2 fully saturated rings. The van der Waals surface area contributed by atoms with Gasteiger partial charge in [0, 0.05) is 11.5 Å². The van der Waals surface area contributed by atoms with E-state index in [9.17, 15) is 18.0 Å². The van der Waals surface area contributed by atoms with Gasteiger partial charge in [-0.05, 0) is 19.3 Å². The van der Waals surface area contributed by atoms with Gasteiger partial charge in [0.1, 0.15) is 6.04 Å². The van der Waals surface area contributed by atoms with Crippen molar-refractivity contribution in [3.63, 3.8) is 0 Å². The van der Waals surface area contributed by atoms with Crippen LogP contribution >= 0.6 is 0 Å². The van der Waals surface area contributed by atoms with E-state index >= 15 is 0 Å². The number of rotatable bonds is 3. The normalized spacial score (nSPS) is 25.6. The molecule has 2 aliphatic heterocycles. The standard InChI is InChI=1S/C11H16N2O3.C2HF3O2/c1-11(5-16-6-11)4-8-2-3-9(10(14)15)13(8)7-12;3-2(4,5)1(6)7/h8-9H,2-6H2,1H3,(H,14,15);(H,6,7). The lowest BCUT2D eigenvalue weighted by Gasteiger charge is -2.41. The fraction of sp³-hybridized carbons (Fsp3) is 0.769. The van der Waals surface area contributed by atoms with Crippen LogP contribution in [0.4, 0.5) is 13.2 Å². The first kappa shape index (κ1) is 19.0. The first-order valence-corrected chi connectivity index (χ1v) is 6.79. The molecule has 2 atom stereocenters. The minimum absolute atomic E-state index is 0.0694. The topological polar surface area (TPSA) is 111 Å². The van der Waals surface area contributed by atoms with Gasteiger partial charge in [-0.3, -0.25) is 4.90 Å². The summed E-state index contributed by atoms with van der Waals surface area (Å²) in [5, 5.41) is 25.1. The first-order valence-electron chi connectivity index (χ1n) is 6.79. The molecule has 0 amide bonds. The maximum absolute atomic E-state index is 10.9. The lowest BCUT2D eigenvalue weighted by Crippen LogP contribution is -2.46. The molecule has 2 heterocycles. The summed E-state index contributed by atoms with van der Waals surface area (Å²) in [5.41, 5.74) is 0.132. The first-order chi connectivity index (χ1) is 10.5. The number of hydrogen-bond donors (Lipinski definition) is 2. The predicted molar refractivity (Wildman–Crippen MR) is 69.1 cm³/mol. The molecule has 0 aliphatic carbocycles. The molecule has 0 saturated carbocycles. The Kier molecular flexibility index (Phi) is 5.82. The van der Waals surface area contributed by atoms with E-state index in [2.05, 4.69) is 6.92 Å². The lowest BCUT2D eigenvalue weighted by molar-refractivity contribution is -0.192. The Hall–Kier alpha value is -2.02. The average Bonchev–Trinajstić information content (AvgIpc) is 2.79. The van der Waals surface area contributed by atoms with Gasteiger partial charge in [0.25, 0.3) is 0 Å². The monoisotopic (exact) mass is 338 g/mol. The third-order valence-corrected chi connectivity index (χ3v) is 3.78. The number of halogens is 3. The van der Waals surface area contributed by atoms with Gasteiger partial charge in [-0.25, -0.2) is 9.59 Å². The summed E-state index contributed by atoms with van der Waals surface area (Å²) >= 11 is 0. The third-order valence-electron chi connectivity index (χ3n) is 3.78. The Labute approximate surface area is 130 Å². The van der Waals surface area contributed by atoms with Crippen LogP contribution in [0.5, 0.6) is 0 Å². The second-order valence-corrected chi connectivity index (χ2v) is 5.90. The molecule has 0 radical (unpaired) electrons. The van der Waals surface area contributed by atoms with Crippen LogP contribution in [-0.4, -0.2) is 58.5 Å². The van der Waals surface area contributed by atoms with E-state index in [4.69, 9.17) is 25.0 Å². The van der Waals surface area contributed by atoms with E-state index in [1.165, 1.54) is 4.90 Å². The number of alkyl halides is 3. The third kappa shape index (κ3) is 4.99. The number of aliphatic carboxylic acids is 2. The highest BCUT2D eigenvalue weighted by Crippen LogP contribution is 2.37. The van der Waals surface area contributed by atoms with Crippen molar-refractivity contribution in [3.8, 4) is 6.19 Å². The highest BCUT2D eigenvalue weighted by atomic mass is 19.4. The van der Waals surface area contributed by atoms with Crippen LogP contribution in [0.2, 0.25) is 0 Å². The van der Waals surface area contributed by atoms with Crippen LogP contribution in [-0.2, 0) is 14.3 Å². The Bertz CT molecular complexity index is 499. The van der Waals surface area contributed by atoms with Crippen molar-refractivity contribution in [2.45, 2.75) is 44.4 Å². The zero-order chi connectivity index (χ0) is 17.8. The van der Waals surface area contributed by atoms with E-state index in [0.29, 0.717) is 6.42 Å². The predicted octanol–water partition coefficient (Wildman–Crippen LogP) is 1.44. The van der Waals surface area contributed by atoms with Crippen molar-refractivity contribution in [1.29, 1.82) is 5.26 Å². The molecule has 0 bridgehead atoms. The summed E-state index contributed by atoms with van der Waals surface area (Å²) in [6.07, 6.45) is -0.838. The number of nitriles is 1. The highest BCUT2D eigenvalue weighted by molar-refractivity contribution is 5.74. The fourth-order valence-electron chi connectivity index (χ4n) is 2.61. The Morgan fingerprint density at radius 3 is 2.17 bits per heavy atom. The maximum atomic E-state index is 10.9. The second kappa shape index (κ2) is 7.04. The van der Waals surface area contributed by atoms with Gasteiger partial charge < -0.3 is 14.9 Å². The molecule has 0 spiro atoms. The molecule has 23 heavy (non-hydrogen) atoms. The number of hydrogen-bond acceptors (Lipinski definition) is 5. The smallest absolute Gasteiger partial charge is 0.480 e. The van der Waals surface area contributed by atoms with E-state index in [1.54, 1.807) is 0 Å². The molecule has 2 N–H and O–H groups in total. The number of likely N-dealkylation sites (tertiary alicyclic amines) is 1. The summed E-state index contributed by atoms with van der Waals surface area (Å²) in [7, 11) is 0. The van der Waals surface area contributed by atoms with Gasteiger partial charge in [-0.15, -0.1) is 0 Å². The molecule has 130 valence electrons. The summed E-state index contributed by atoms with van der Waals surface area (Å²) < 4.78 is 36.9. The summed E-state index contributed by atoms with van der Waals surface area (Å²) in [5.74, 6) is -3.65. The van der Waals surface area contributed by atoms with Crippen molar-refractivity contribution < 1.29 is 37.7 Å². The van der Waals surface area contributed by atoms with Crippen molar-refractivity contribution in [2.24, 2.45) is 5.41 Å². The van der Waals surface area contributed by atoms with Gasteiger partial charge >= 0.3 is 18.1 Å². The zero-order valence-corrected chi connectivity index (χ0v) is 12.3. The maximum Gasteiger partial charge on any atom is 0.490 e. The number of nitrogens with zero attached hydrogens (tertiary/aromatic N) is 2. The molecule has 7 nitrogen and oxygen atoms in total. The highest BCUT2D eigenvalue weighted by Gasteiger charge is 2.43. The minimum Gasteiger partial charge on any atom is -0.480 e. The molecule has 2 unspecified atom stereocenters. The van der Waals surface area contributed by atoms with E-state index in [-0.39, 0.29) is 11.5 Å².